The first kappa shape index (κ1) is 31.1. The van der Waals surface area contributed by atoms with Crippen molar-refractivity contribution in [2.24, 2.45) is 0 Å². The van der Waals surface area contributed by atoms with E-state index in [2.05, 4.69) is 30.6 Å². The molecule has 0 radical (unpaired) electrons. The SMILES string of the molecule is CSc1ncc(C=O)c(NC[C@H](C)O)n1.CSc1ncc(CO)c(NC[C@H](C)O)n1.[O]=[Mn]=[O]. The van der Waals surface area contributed by atoms with Gasteiger partial charge in [0.05, 0.1) is 24.4 Å². The number of hydrogen-bond acceptors (Lipinski definition) is 14. The van der Waals surface area contributed by atoms with Gasteiger partial charge in [0.2, 0.25) is 0 Å². The normalized spacial score (nSPS) is 11.6. The molecule has 0 unspecified atom stereocenters. The second kappa shape index (κ2) is 18.5. The molecule has 0 aromatic carbocycles. The third kappa shape index (κ3) is 13.4. The number of nitrogens with zero attached hydrogens (tertiary/aromatic N) is 4. The summed E-state index contributed by atoms with van der Waals surface area (Å²) < 4.78 is 16.8. The Bertz CT molecular complexity index is 887. The second-order valence-corrected chi connectivity index (χ2v) is 7.93. The van der Waals surface area contributed by atoms with Crippen LogP contribution in [0.25, 0.3) is 0 Å². The Balaban J connectivity index is 0.000000555. The third-order valence-corrected chi connectivity index (χ3v) is 4.55. The first-order chi connectivity index (χ1) is 15.8. The summed E-state index contributed by atoms with van der Waals surface area (Å²) in [6, 6.07) is 0. The van der Waals surface area contributed by atoms with Crippen LogP contribution in [0.15, 0.2) is 22.7 Å². The summed E-state index contributed by atoms with van der Waals surface area (Å²) in [5.74, 6) is 1.04. The van der Waals surface area contributed by atoms with E-state index in [1.807, 2.05) is 12.5 Å². The molecule has 12 nitrogen and oxygen atoms in total. The Kier molecular flexibility index (Phi) is 17.5. The molecule has 2 heterocycles. The van der Waals surface area contributed by atoms with Gasteiger partial charge in [-0.1, -0.05) is 23.5 Å². The fourth-order valence-corrected chi connectivity index (χ4v) is 2.63. The van der Waals surface area contributed by atoms with E-state index < -0.39 is 27.0 Å². The Labute approximate surface area is 206 Å². The summed E-state index contributed by atoms with van der Waals surface area (Å²) in [5, 5.41) is 34.4. The van der Waals surface area contributed by atoms with Gasteiger partial charge in [-0.05, 0) is 26.4 Å². The van der Waals surface area contributed by atoms with Crippen LogP contribution in [0.4, 0.5) is 11.6 Å². The van der Waals surface area contributed by atoms with Crippen molar-refractivity contribution in [1.29, 1.82) is 0 Å². The van der Waals surface area contributed by atoms with Crippen LogP contribution in [-0.2, 0) is 29.1 Å². The van der Waals surface area contributed by atoms with E-state index in [4.69, 9.17) is 23.0 Å². The maximum absolute atomic E-state index is 10.7. The van der Waals surface area contributed by atoms with E-state index in [0.29, 0.717) is 52.5 Å². The minimum atomic E-state index is -1.44. The van der Waals surface area contributed by atoms with Gasteiger partial charge in [0.25, 0.3) is 0 Å². The molecular weight excluding hydrogens is 515 g/mol. The zero-order valence-electron chi connectivity index (χ0n) is 18.6. The van der Waals surface area contributed by atoms with Crippen molar-refractivity contribution >= 4 is 41.4 Å². The van der Waals surface area contributed by atoms with Crippen LogP contribution in [-0.4, -0.2) is 79.4 Å². The van der Waals surface area contributed by atoms with Gasteiger partial charge in [0.1, 0.15) is 11.6 Å². The standard InChI is InChI=1S/C9H15N3O2S.C9H13N3O2S.Mn.2O/c2*1-6(14)3-10-8-7(5-13)4-11-9(12-8)15-2;;;/h4,6,13-14H,3,5H2,1-2H3,(H,10,11,12);4-6,14H,3H2,1-2H3,(H,10,11,12);;;/t2*6-;;;/m00.../s1. The average Bonchev–Trinajstić information content (AvgIpc) is 2.81. The van der Waals surface area contributed by atoms with Crippen LogP contribution in [0.3, 0.4) is 0 Å². The first-order valence-electron chi connectivity index (χ1n) is 9.36. The molecule has 15 heteroatoms. The zero-order chi connectivity index (χ0) is 25.2. The average molecular weight is 544 g/mol. The molecule has 0 aliphatic carbocycles. The number of thioether (sulfide) groups is 2. The number of aromatic nitrogens is 4. The molecule has 0 aliphatic heterocycles. The minimum absolute atomic E-state index is 0.114. The van der Waals surface area contributed by atoms with Crippen molar-refractivity contribution in [1.82, 2.24) is 19.9 Å². The first-order valence-corrected chi connectivity index (χ1v) is 12.8. The van der Waals surface area contributed by atoms with Crippen LogP contribution in [0.1, 0.15) is 29.8 Å². The number of nitrogens with one attached hydrogen (secondary N) is 2. The number of aldehydes is 1. The molecule has 2 aromatic rings. The summed E-state index contributed by atoms with van der Waals surface area (Å²) in [4.78, 5) is 27.0. The van der Waals surface area contributed by atoms with Gasteiger partial charge in [0.15, 0.2) is 16.6 Å². The van der Waals surface area contributed by atoms with E-state index in [0.717, 1.165) is 0 Å². The van der Waals surface area contributed by atoms with Crippen LogP contribution < -0.4 is 10.6 Å². The number of anilines is 2. The van der Waals surface area contributed by atoms with Crippen molar-refractivity contribution in [2.45, 2.75) is 43.0 Å². The molecule has 0 saturated heterocycles. The summed E-state index contributed by atoms with van der Waals surface area (Å²) >= 11 is 1.39. The van der Waals surface area contributed by atoms with Gasteiger partial charge >= 0.3 is 22.5 Å². The number of rotatable bonds is 10. The number of carbonyl (C=O) groups is 1. The quantitative estimate of drug-likeness (QED) is 0.124. The number of aliphatic hydroxyl groups excluding tert-OH is 3. The molecule has 0 amide bonds. The van der Waals surface area contributed by atoms with Crippen LogP contribution in [0, 0.1) is 0 Å². The number of hydrogen-bond donors (Lipinski definition) is 5. The summed E-state index contributed by atoms with van der Waals surface area (Å²) in [7, 11) is 0. The van der Waals surface area contributed by atoms with Crippen molar-refractivity contribution in [3.05, 3.63) is 23.5 Å². The Morgan fingerprint density at radius 1 is 0.970 bits per heavy atom. The van der Waals surface area contributed by atoms with Crippen molar-refractivity contribution in [3.63, 3.8) is 0 Å². The molecule has 5 N–H and O–H groups in total. The fraction of sp³-hybridized carbons (Fsp3) is 0.500. The van der Waals surface area contributed by atoms with Gasteiger partial charge in [0, 0.05) is 31.0 Å². The zero-order valence-corrected chi connectivity index (χ0v) is 21.4. The Morgan fingerprint density at radius 3 is 1.85 bits per heavy atom. The van der Waals surface area contributed by atoms with Gasteiger partial charge in [-0.15, -0.1) is 0 Å². The van der Waals surface area contributed by atoms with Gasteiger partial charge in [-0.3, -0.25) is 4.79 Å². The second-order valence-electron chi connectivity index (χ2n) is 6.19. The number of aliphatic hydroxyl groups is 3. The molecule has 0 aliphatic rings. The van der Waals surface area contributed by atoms with Gasteiger partial charge < -0.3 is 26.0 Å². The molecule has 2 aromatic heterocycles. The molecule has 2 atom stereocenters. The van der Waals surface area contributed by atoms with E-state index in [9.17, 15) is 4.79 Å². The van der Waals surface area contributed by atoms with Crippen molar-refractivity contribution in [2.75, 3.05) is 36.2 Å². The van der Waals surface area contributed by atoms with E-state index in [1.54, 1.807) is 20.0 Å². The molecule has 0 fully saturated rings. The monoisotopic (exact) mass is 543 g/mol. The van der Waals surface area contributed by atoms with Crippen molar-refractivity contribution < 1.29 is 42.6 Å². The van der Waals surface area contributed by atoms with E-state index in [-0.39, 0.29) is 6.61 Å². The Hall–Kier alpha value is -1.87. The van der Waals surface area contributed by atoms with E-state index >= 15 is 0 Å². The molecule has 33 heavy (non-hydrogen) atoms. The third-order valence-electron chi connectivity index (χ3n) is 3.43. The van der Waals surface area contributed by atoms with Crippen LogP contribution >= 0.6 is 23.5 Å². The van der Waals surface area contributed by atoms with Crippen LogP contribution in [0.5, 0.6) is 0 Å². The molecule has 185 valence electrons. The maximum atomic E-state index is 10.7. The van der Waals surface area contributed by atoms with Crippen LogP contribution in [0.2, 0.25) is 0 Å². The fourth-order valence-electron chi connectivity index (χ4n) is 1.95. The summed E-state index contributed by atoms with van der Waals surface area (Å²) in [5.41, 5.74) is 1.03. The molecule has 0 spiro atoms. The molecule has 0 saturated carbocycles. The molecule has 0 bridgehead atoms. The summed E-state index contributed by atoms with van der Waals surface area (Å²) in [6.45, 7) is 3.98. The Morgan fingerprint density at radius 2 is 1.42 bits per heavy atom. The van der Waals surface area contributed by atoms with Gasteiger partial charge in [-0.2, -0.15) is 0 Å². The van der Waals surface area contributed by atoms with E-state index in [1.165, 1.54) is 29.7 Å². The summed E-state index contributed by atoms with van der Waals surface area (Å²) in [6.07, 6.45) is 6.54. The van der Waals surface area contributed by atoms with Gasteiger partial charge in [-0.25, -0.2) is 19.9 Å². The predicted molar refractivity (Wildman–Crippen MR) is 121 cm³/mol. The van der Waals surface area contributed by atoms with Crippen molar-refractivity contribution in [3.8, 4) is 0 Å². The molecular formula is C18H28MnN6O6S2. The number of carbonyl (C=O) groups excluding carboxylic acids is 1. The molecule has 2 rings (SSSR count). The topological polar surface area (TPSA) is 188 Å². The predicted octanol–water partition coefficient (Wildman–Crippen LogP) is 1.05.